The summed E-state index contributed by atoms with van der Waals surface area (Å²) < 4.78 is 0.851. The molecule has 0 aromatic carbocycles. The van der Waals surface area contributed by atoms with E-state index >= 15 is 0 Å². The highest BCUT2D eigenvalue weighted by molar-refractivity contribution is 9.10. The average molecular weight is 258 g/mol. The molecule has 1 amide bonds. The van der Waals surface area contributed by atoms with Crippen LogP contribution >= 0.6 is 15.9 Å². The van der Waals surface area contributed by atoms with E-state index in [9.17, 15) is 4.79 Å². The quantitative estimate of drug-likeness (QED) is 0.858. The van der Waals surface area contributed by atoms with Gasteiger partial charge in [-0.25, -0.2) is 4.98 Å². The maximum Gasteiger partial charge on any atom is 0.239 e. The molecular formula is C9H12BrN3O. The van der Waals surface area contributed by atoms with E-state index in [1.165, 1.54) is 0 Å². The number of aromatic nitrogens is 1. The number of rotatable bonds is 4. The van der Waals surface area contributed by atoms with Crippen LogP contribution in [-0.4, -0.2) is 24.0 Å². The standard InChI is InChI=1S/C9H12BrN3O/c1-2-11-8(14)6-13-9-7(10)4-3-5-12-9/h3-5H,2,6H2,1H3,(H,11,14)(H,12,13). The summed E-state index contributed by atoms with van der Waals surface area (Å²) in [7, 11) is 0. The van der Waals surface area contributed by atoms with Crippen LogP contribution < -0.4 is 10.6 Å². The molecule has 0 fully saturated rings. The molecule has 4 nitrogen and oxygen atoms in total. The monoisotopic (exact) mass is 257 g/mol. The number of likely N-dealkylation sites (N-methyl/N-ethyl adjacent to an activating group) is 1. The first kappa shape index (κ1) is 11.0. The zero-order valence-electron chi connectivity index (χ0n) is 7.88. The van der Waals surface area contributed by atoms with Crippen LogP contribution in [0.1, 0.15) is 6.92 Å². The summed E-state index contributed by atoms with van der Waals surface area (Å²) in [6.07, 6.45) is 1.67. The van der Waals surface area contributed by atoms with Gasteiger partial charge in [-0.05, 0) is 35.0 Å². The van der Waals surface area contributed by atoms with Crippen LogP contribution in [0.15, 0.2) is 22.8 Å². The molecule has 1 rings (SSSR count). The fourth-order valence-electron chi connectivity index (χ4n) is 0.939. The fourth-order valence-corrected chi connectivity index (χ4v) is 1.33. The number of halogens is 1. The largest absolute Gasteiger partial charge is 0.360 e. The maximum atomic E-state index is 11.1. The number of hydrogen-bond donors (Lipinski definition) is 2. The highest BCUT2D eigenvalue weighted by Crippen LogP contribution is 2.17. The third-order valence-electron chi connectivity index (χ3n) is 1.55. The number of nitrogens with one attached hydrogen (secondary N) is 2. The molecule has 2 N–H and O–H groups in total. The number of nitrogens with zero attached hydrogens (tertiary/aromatic N) is 1. The molecule has 14 heavy (non-hydrogen) atoms. The molecule has 0 saturated heterocycles. The van der Waals surface area contributed by atoms with Crippen LogP contribution in [0.5, 0.6) is 0 Å². The topological polar surface area (TPSA) is 54.0 Å². The first-order valence-electron chi connectivity index (χ1n) is 4.35. The molecular weight excluding hydrogens is 246 g/mol. The van der Waals surface area contributed by atoms with Gasteiger partial charge in [0.1, 0.15) is 5.82 Å². The Bertz CT molecular complexity index is 317. The van der Waals surface area contributed by atoms with E-state index in [2.05, 4.69) is 31.5 Å². The van der Waals surface area contributed by atoms with Gasteiger partial charge in [0.2, 0.25) is 5.91 Å². The molecule has 5 heteroatoms. The molecule has 0 saturated carbocycles. The minimum atomic E-state index is -0.0370. The molecule has 0 aliphatic heterocycles. The zero-order chi connectivity index (χ0) is 10.4. The SMILES string of the molecule is CCNC(=O)CNc1ncccc1Br. The highest BCUT2D eigenvalue weighted by atomic mass is 79.9. The predicted octanol–water partition coefficient (Wildman–Crippen LogP) is 1.39. The summed E-state index contributed by atoms with van der Waals surface area (Å²) in [5, 5.41) is 5.62. The van der Waals surface area contributed by atoms with E-state index in [4.69, 9.17) is 0 Å². The Morgan fingerprint density at radius 1 is 1.64 bits per heavy atom. The molecule has 1 aromatic heterocycles. The lowest BCUT2D eigenvalue weighted by Crippen LogP contribution is -2.29. The molecule has 0 unspecified atom stereocenters. The van der Waals surface area contributed by atoms with Crippen molar-refractivity contribution in [3.05, 3.63) is 22.8 Å². The van der Waals surface area contributed by atoms with Gasteiger partial charge in [-0.2, -0.15) is 0 Å². The van der Waals surface area contributed by atoms with Crippen molar-refractivity contribution in [3.8, 4) is 0 Å². The van der Waals surface area contributed by atoms with Crippen LogP contribution in [0.3, 0.4) is 0 Å². The molecule has 0 atom stereocenters. The summed E-state index contributed by atoms with van der Waals surface area (Å²) >= 11 is 3.33. The molecule has 76 valence electrons. The van der Waals surface area contributed by atoms with E-state index in [-0.39, 0.29) is 12.5 Å². The summed E-state index contributed by atoms with van der Waals surface area (Å²) in [6.45, 7) is 2.77. The molecule has 0 aliphatic rings. The van der Waals surface area contributed by atoms with Crippen molar-refractivity contribution in [1.82, 2.24) is 10.3 Å². The Hall–Kier alpha value is -1.10. The second-order valence-corrected chi connectivity index (χ2v) is 3.50. The van der Waals surface area contributed by atoms with Gasteiger partial charge >= 0.3 is 0 Å². The van der Waals surface area contributed by atoms with Gasteiger partial charge < -0.3 is 10.6 Å². The van der Waals surface area contributed by atoms with Gasteiger partial charge in [0.15, 0.2) is 0 Å². The number of pyridine rings is 1. The van der Waals surface area contributed by atoms with E-state index in [1.807, 2.05) is 19.1 Å². The summed E-state index contributed by atoms with van der Waals surface area (Å²) in [5.74, 6) is 0.642. The van der Waals surface area contributed by atoms with E-state index in [0.717, 1.165) is 4.47 Å². The second kappa shape index (κ2) is 5.59. The lowest BCUT2D eigenvalue weighted by Gasteiger charge is -2.06. The minimum absolute atomic E-state index is 0.0370. The number of carbonyl (C=O) groups is 1. The number of amides is 1. The second-order valence-electron chi connectivity index (χ2n) is 2.64. The minimum Gasteiger partial charge on any atom is -0.360 e. The zero-order valence-corrected chi connectivity index (χ0v) is 9.47. The highest BCUT2D eigenvalue weighted by Gasteiger charge is 2.02. The van der Waals surface area contributed by atoms with Crippen LogP contribution in [0, 0.1) is 0 Å². The molecule has 0 bridgehead atoms. The molecule has 0 aliphatic carbocycles. The van der Waals surface area contributed by atoms with E-state index in [0.29, 0.717) is 12.4 Å². The number of carbonyl (C=O) groups excluding carboxylic acids is 1. The molecule has 0 radical (unpaired) electrons. The average Bonchev–Trinajstić information content (AvgIpc) is 2.17. The maximum absolute atomic E-state index is 11.1. The Morgan fingerprint density at radius 2 is 2.43 bits per heavy atom. The van der Waals surface area contributed by atoms with Crippen LogP contribution in [0.25, 0.3) is 0 Å². The van der Waals surface area contributed by atoms with Crippen molar-refractivity contribution in [2.75, 3.05) is 18.4 Å². The lowest BCUT2D eigenvalue weighted by molar-refractivity contribution is -0.119. The fraction of sp³-hybridized carbons (Fsp3) is 0.333. The van der Waals surface area contributed by atoms with Gasteiger partial charge in [0.05, 0.1) is 11.0 Å². The summed E-state index contributed by atoms with van der Waals surface area (Å²) in [4.78, 5) is 15.2. The predicted molar refractivity (Wildman–Crippen MR) is 59.1 cm³/mol. The smallest absolute Gasteiger partial charge is 0.239 e. The first-order valence-corrected chi connectivity index (χ1v) is 5.14. The van der Waals surface area contributed by atoms with Crippen molar-refractivity contribution < 1.29 is 4.79 Å². The van der Waals surface area contributed by atoms with Crippen LogP contribution in [-0.2, 0) is 4.79 Å². The molecule has 1 aromatic rings. The molecule has 0 spiro atoms. The van der Waals surface area contributed by atoms with Gasteiger partial charge in [-0.15, -0.1) is 0 Å². The Balaban J connectivity index is 2.46. The van der Waals surface area contributed by atoms with Gasteiger partial charge in [-0.3, -0.25) is 4.79 Å². The van der Waals surface area contributed by atoms with Crippen molar-refractivity contribution in [2.45, 2.75) is 6.92 Å². The van der Waals surface area contributed by atoms with Crippen molar-refractivity contribution in [1.29, 1.82) is 0 Å². The van der Waals surface area contributed by atoms with Gasteiger partial charge in [0.25, 0.3) is 0 Å². The van der Waals surface area contributed by atoms with Crippen molar-refractivity contribution >= 4 is 27.7 Å². The van der Waals surface area contributed by atoms with Crippen LogP contribution in [0.4, 0.5) is 5.82 Å². The van der Waals surface area contributed by atoms with Crippen molar-refractivity contribution in [3.63, 3.8) is 0 Å². The number of hydrogen-bond acceptors (Lipinski definition) is 3. The van der Waals surface area contributed by atoms with E-state index in [1.54, 1.807) is 6.20 Å². The van der Waals surface area contributed by atoms with Crippen molar-refractivity contribution in [2.24, 2.45) is 0 Å². The van der Waals surface area contributed by atoms with Gasteiger partial charge in [0, 0.05) is 12.7 Å². The summed E-state index contributed by atoms with van der Waals surface area (Å²) in [6, 6.07) is 3.69. The third kappa shape index (κ3) is 3.33. The molecule has 1 heterocycles. The Labute approximate surface area is 91.2 Å². The first-order chi connectivity index (χ1) is 6.74. The normalized spacial score (nSPS) is 9.57. The summed E-state index contributed by atoms with van der Waals surface area (Å²) in [5.41, 5.74) is 0. The van der Waals surface area contributed by atoms with Gasteiger partial charge in [-0.1, -0.05) is 0 Å². The third-order valence-corrected chi connectivity index (χ3v) is 2.19. The van der Waals surface area contributed by atoms with E-state index < -0.39 is 0 Å². The Morgan fingerprint density at radius 3 is 3.07 bits per heavy atom. The lowest BCUT2D eigenvalue weighted by atomic mass is 10.4. The van der Waals surface area contributed by atoms with Crippen LogP contribution in [0.2, 0.25) is 0 Å². The Kier molecular flexibility index (Phi) is 4.39. The number of anilines is 1.